The van der Waals surface area contributed by atoms with E-state index in [9.17, 15) is 29.4 Å². The zero-order valence-corrected chi connectivity index (χ0v) is 40.1. The molecule has 6 heterocycles. The van der Waals surface area contributed by atoms with Gasteiger partial charge in [0.15, 0.2) is 5.82 Å². The number of ether oxygens (including phenoxy) is 1. The van der Waals surface area contributed by atoms with Crippen LogP contribution in [0, 0.1) is 33.1 Å². The van der Waals surface area contributed by atoms with Gasteiger partial charge in [0, 0.05) is 47.7 Å². The number of likely N-dealkylation sites (tertiary alicyclic amines) is 1. The number of nitrogens with one attached hydrogen (secondary N) is 2. The third-order valence-electron chi connectivity index (χ3n) is 12.8. The fraction of sp³-hybridized carbons (Fsp3) is 0.458. The van der Waals surface area contributed by atoms with Gasteiger partial charge < -0.3 is 35.4 Å². The molecule has 0 spiro atoms. The molecule has 2 aromatic carbocycles. The molecule has 2 fully saturated rings. The molecular formula is C48H57N9O7S2. The number of fused-ring (bicyclic) bond motifs is 3. The molecule has 3 aliphatic rings. The van der Waals surface area contributed by atoms with Gasteiger partial charge in [0.1, 0.15) is 35.6 Å². The summed E-state index contributed by atoms with van der Waals surface area (Å²) in [6, 6.07) is 13.0. The number of nitrogens with zero attached hydrogens (tertiary/aromatic N) is 7. The summed E-state index contributed by atoms with van der Waals surface area (Å²) in [7, 11) is 0. The summed E-state index contributed by atoms with van der Waals surface area (Å²) in [6.07, 6.45) is -0.575. The van der Waals surface area contributed by atoms with Crippen molar-refractivity contribution in [2.45, 2.75) is 111 Å². The first-order valence-electron chi connectivity index (χ1n) is 22.3. The topological polar surface area (TPSA) is 204 Å². The number of benzene rings is 2. The number of amides is 3. The lowest BCUT2D eigenvalue weighted by Crippen LogP contribution is -2.58. The third-order valence-corrected chi connectivity index (χ3v) is 14.9. The number of aliphatic carboxylic acids is 1. The summed E-state index contributed by atoms with van der Waals surface area (Å²) in [6.45, 7) is 16.4. The highest BCUT2D eigenvalue weighted by molar-refractivity contribution is 7.15. The Morgan fingerprint density at radius 1 is 0.955 bits per heavy atom. The summed E-state index contributed by atoms with van der Waals surface area (Å²) >= 11 is 3.19. The second-order valence-corrected chi connectivity index (χ2v) is 20.6. The second-order valence-electron chi connectivity index (χ2n) is 18.6. The Balaban J connectivity index is 0.881. The zero-order valence-electron chi connectivity index (χ0n) is 38.5. The number of aliphatic hydroxyl groups is 1. The lowest BCUT2D eigenvalue weighted by Gasteiger charge is -2.35. The van der Waals surface area contributed by atoms with Crippen molar-refractivity contribution >= 4 is 57.8 Å². The first-order chi connectivity index (χ1) is 31.4. The van der Waals surface area contributed by atoms with E-state index in [1.807, 2.05) is 100 Å². The fourth-order valence-corrected chi connectivity index (χ4v) is 11.1. The molecule has 0 saturated carbocycles. The van der Waals surface area contributed by atoms with Crippen LogP contribution in [0.1, 0.15) is 104 Å². The molecule has 0 radical (unpaired) electrons. The number of carbonyl (C=O) groups excluding carboxylic acids is 3. The molecule has 8 rings (SSSR count). The number of β-amino-alcohol motifs (C(OH)–C–C–N with tert-alkyl or cyclic N) is 1. The normalized spacial score (nSPS) is 20.3. The molecule has 3 aromatic heterocycles. The SMILES string of the molecule is Cc1ncsc1-c1ccc([C@H](C)NC(=O)[C@@H]2C[C@@H](O)CN2C(=O)[C@@H](NC(=O)CO[C@@H]2CCN(c3ccc(C4=N[C@@H](CC(=O)O)c5nnc(C)n5-c5sc(C)c(C)c54)cc3)C2)C(C)(C)C)cc1. The van der Waals surface area contributed by atoms with Gasteiger partial charge >= 0.3 is 5.97 Å². The van der Waals surface area contributed by atoms with E-state index in [0.29, 0.717) is 36.9 Å². The van der Waals surface area contributed by atoms with E-state index >= 15 is 0 Å². The lowest BCUT2D eigenvalue weighted by atomic mass is 9.85. The Bertz CT molecular complexity index is 2670. The zero-order chi connectivity index (χ0) is 47.2. The average molecular weight is 936 g/mol. The van der Waals surface area contributed by atoms with Crippen molar-refractivity contribution in [1.82, 2.24) is 35.3 Å². The number of thiazole rings is 1. The number of hydrogen-bond donors (Lipinski definition) is 4. The summed E-state index contributed by atoms with van der Waals surface area (Å²) < 4.78 is 8.07. The molecule has 18 heteroatoms. The molecule has 0 unspecified atom stereocenters. The maximum Gasteiger partial charge on any atom is 0.306 e. The minimum absolute atomic E-state index is 0.0247. The molecule has 5 aromatic rings. The minimum Gasteiger partial charge on any atom is -0.481 e. The van der Waals surface area contributed by atoms with E-state index < -0.39 is 47.4 Å². The van der Waals surface area contributed by atoms with Crippen LogP contribution in [0.2, 0.25) is 0 Å². The van der Waals surface area contributed by atoms with Crippen LogP contribution in [-0.4, -0.2) is 115 Å². The predicted molar refractivity (Wildman–Crippen MR) is 253 cm³/mol. The Labute approximate surface area is 392 Å². The van der Waals surface area contributed by atoms with Crippen LogP contribution < -0.4 is 15.5 Å². The highest BCUT2D eigenvalue weighted by Gasteiger charge is 2.45. The van der Waals surface area contributed by atoms with Crippen LogP contribution in [0.4, 0.5) is 5.69 Å². The van der Waals surface area contributed by atoms with Crippen molar-refractivity contribution < 1.29 is 34.1 Å². The van der Waals surface area contributed by atoms with E-state index in [-0.39, 0.29) is 44.0 Å². The van der Waals surface area contributed by atoms with Gasteiger partial charge in [0.25, 0.3) is 0 Å². The monoisotopic (exact) mass is 935 g/mol. The van der Waals surface area contributed by atoms with Crippen molar-refractivity contribution in [3.8, 4) is 15.4 Å². The molecule has 2 saturated heterocycles. The van der Waals surface area contributed by atoms with E-state index in [1.54, 1.807) is 22.7 Å². The maximum absolute atomic E-state index is 14.2. The Morgan fingerprint density at radius 3 is 2.33 bits per heavy atom. The lowest BCUT2D eigenvalue weighted by molar-refractivity contribution is -0.145. The average Bonchev–Trinajstić information content (AvgIpc) is 4.12. The molecule has 0 bridgehead atoms. The molecule has 348 valence electrons. The molecule has 16 nitrogen and oxygen atoms in total. The van der Waals surface area contributed by atoms with Crippen LogP contribution in [0.25, 0.3) is 15.4 Å². The van der Waals surface area contributed by atoms with Gasteiger partial charge in [0.05, 0.1) is 46.5 Å². The standard InChI is InChI=1S/C48H57N9O7S2/c1-25-28(4)66-47-40(25)41(51-36(20-39(60)61)44-54-53-29(5)57(44)47)31-13-15-33(16-14-31)55-18-17-35(22-55)64-23-38(59)52-43(48(6,7)8)46(63)56-21-34(58)19-37(56)45(62)50-26(2)30-9-11-32(12-10-30)42-27(3)49-24-65-42/h9-16,24,26,34-37,43,58H,17-23H2,1-8H3,(H,50,62)(H,52,59)(H,60,61)/t26-,34+,35+,36-,37-,43+/m0/s1. The van der Waals surface area contributed by atoms with Gasteiger partial charge in [-0.2, -0.15) is 0 Å². The Hall–Kier alpha value is -5.82. The number of carbonyl (C=O) groups is 4. The number of aryl methyl sites for hydroxylation is 3. The quantitative estimate of drug-likeness (QED) is 0.108. The highest BCUT2D eigenvalue weighted by Crippen LogP contribution is 2.40. The molecular weight excluding hydrogens is 879 g/mol. The molecule has 3 amide bonds. The Kier molecular flexibility index (Phi) is 13.3. The number of carboxylic acid groups (broad SMARTS) is 1. The smallest absolute Gasteiger partial charge is 0.306 e. The number of anilines is 1. The molecule has 0 aliphatic carbocycles. The molecule has 3 aliphatic heterocycles. The van der Waals surface area contributed by atoms with Crippen LogP contribution in [-0.2, 0) is 23.9 Å². The van der Waals surface area contributed by atoms with Crippen LogP contribution in [0.3, 0.4) is 0 Å². The number of aliphatic hydroxyl groups excluding tert-OH is 1. The summed E-state index contributed by atoms with van der Waals surface area (Å²) in [5.74, 6) is -1.06. The molecule has 4 N–H and O–H groups in total. The van der Waals surface area contributed by atoms with Crippen molar-refractivity contribution in [2.24, 2.45) is 10.4 Å². The van der Waals surface area contributed by atoms with Gasteiger partial charge in [-0.1, -0.05) is 57.2 Å². The number of rotatable bonds is 13. The fourth-order valence-electron chi connectivity index (χ4n) is 9.03. The van der Waals surface area contributed by atoms with Crippen LogP contribution in [0.5, 0.6) is 0 Å². The van der Waals surface area contributed by atoms with Crippen molar-refractivity contribution in [3.05, 3.63) is 98.5 Å². The number of aliphatic imine (C=N–C) groups is 1. The van der Waals surface area contributed by atoms with Gasteiger partial charge in [-0.15, -0.1) is 32.9 Å². The number of carboxylic acids is 1. The maximum atomic E-state index is 14.2. The van der Waals surface area contributed by atoms with Gasteiger partial charge in [-0.25, -0.2) is 4.98 Å². The van der Waals surface area contributed by atoms with E-state index in [1.165, 1.54) is 4.90 Å². The van der Waals surface area contributed by atoms with Gasteiger partial charge in [-0.05, 0) is 75.3 Å². The first kappa shape index (κ1) is 46.7. The third kappa shape index (κ3) is 9.54. The highest BCUT2D eigenvalue weighted by atomic mass is 32.1. The van der Waals surface area contributed by atoms with Crippen LogP contribution >= 0.6 is 22.7 Å². The number of hydrogen-bond acceptors (Lipinski definition) is 13. The Morgan fingerprint density at radius 2 is 1.67 bits per heavy atom. The summed E-state index contributed by atoms with van der Waals surface area (Å²) in [4.78, 5) is 68.7. The van der Waals surface area contributed by atoms with Gasteiger partial charge in [0.2, 0.25) is 17.7 Å². The molecule has 6 atom stereocenters. The largest absolute Gasteiger partial charge is 0.481 e. The minimum atomic E-state index is -0.981. The van der Waals surface area contributed by atoms with E-state index in [2.05, 4.69) is 44.6 Å². The number of thiophene rings is 1. The summed E-state index contributed by atoms with van der Waals surface area (Å²) in [5, 5.41) is 36.0. The molecule has 66 heavy (non-hydrogen) atoms. The predicted octanol–water partition coefficient (Wildman–Crippen LogP) is 6.02. The van der Waals surface area contributed by atoms with Crippen molar-refractivity contribution in [1.29, 1.82) is 0 Å². The van der Waals surface area contributed by atoms with E-state index in [4.69, 9.17) is 9.73 Å². The van der Waals surface area contributed by atoms with Crippen molar-refractivity contribution in [3.63, 3.8) is 0 Å². The number of aromatic nitrogens is 4. The second kappa shape index (κ2) is 18.8. The van der Waals surface area contributed by atoms with Crippen molar-refractivity contribution in [2.75, 3.05) is 31.1 Å². The van der Waals surface area contributed by atoms with E-state index in [0.717, 1.165) is 54.0 Å². The van der Waals surface area contributed by atoms with Crippen LogP contribution in [0.15, 0.2) is 59.0 Å². The summed E-state index contributed by atoms with van der Waals surface area (Å²) in [5.41, 5.74) is 8.55. The van der Waals surface area contributed by atoms with Gasteiger partial charge in [-0.3, -0.25) is 28.7 Å². The first-order valence-corrected chi connectivity index (χ1v) is 24.0.